The monoisotopic (exact) mass is 299 g/mol. The molecular weight excluding hydrogens is 274 g/mol. The molecule has 7 heteroatoms. The average molecular weight is 299 g/mol. The van der Waals surface area contributed by atoms with Crippen molar-refractivity contribution in [3.63, 3.8) is 0 Å². The van der Waals surface area contributed by atoms with Crippen LogP contribution in [0.1, 0.15) is 33.6 Å². The average Bonchev–Trinajstić information content (AvgIpc) is 2.47. The van der Waals surface area contributed by atoms with Crippen LogP contribution in [0.2, 0.25) is 0 Å². The summed E-state index contributed by atoms with van der Waals surface area (Å²) < 4.78 is 4.93. The van der Waals surface area contributed by atoms with E-state index < -0.39 is 6.04 Å². The topological polar surface area (TPSA) is 79.0 Å². The molecule has 1 fully saturated rings. The molecule has 3 amide bonds. The fourth-order valence-corrected chi connectivity index (χ4v) is 2.20. The van der Waals surface area contributed by atoms with Crippen molar-refractivity contribution < 1.29 is 19.1 Å². The Labute approximate surface area is 125 Å². The maximum absolute atomic E-state index is 12.2. The molecule has 1 aliphatic heterocycles. The van der Waals surface area contributed by atoms with Crippen LogP contribution in [0, 0.1) is 0 Å². The zero-order valence-electron chi connectivity index (χ0n) is 13.1. The summed E-state index contributed by atoms with van der Waals surface area (Å²) in [5, 5.41) is 2.70. The van der Waals surface area contributed by atoms with Gasteiger partial charge in [0.05, 0.1) is 6.61 Å². The van der Waals surface area contributed by atoms with Gasteiger partial charge >= 0.3 is 6.09 Å². The van der Waals surface area contributed by atoms with E-state index in [0.29, 0.717) is 39.2 Å². The van der Waals surface area contributed by atoms with E-state index in [1.807, 2.05) is 6.92 Å². The Morgan fingerprint density at radius 3 is 2.19 bits per heavy atom. The summed E-state index contributed by atoms with van der Waals surface area (Å²) in [5.41, 5.74) is 0. The smallest absolute Gasteiger partial charge is 0.409 e. The van der Waals surface area contributed by atoms with Gasteiger partial charge in [0.25, 0.3) is 0 Å². The molecule has 120 valence electrons. The number of hydrogen-bond acceptors (Lipinski definition) is 4. The lowest BCUT2D eigenvalue weighted by Gasteiger charge is -2.35. The fraction of sp³-hybridized carbons (Fsp3) is 0.786. The fourth-order valence-electron chi connectivity index (χ4n) is 2.20. The molecule has 0 radical (unpaired) electrons. The summed E-state index contributed by atoms with van der Waals surface area (Å²) in [4.78, 5) is 38.6. The Bertz CT molecular complexity index is 378. The molecule has 1 aliphatic rings. The normalized spacial score (nSPS) is 16.3. The van der Waals surface area contributed by atoms with E-state index in [4.69, 9.17) is 4.74 Å². The predicted molar refractivity (Wildman–Crippen MR) is 77.7 cm³/mol. The van der Waals surface area contributed by atoms with Gasteiger partial charge < -0.3 is 19.9 Å². The number of ether oxygens (including phenoxy) is 1. The Balaban J connectivity index is 2.40. The van der Waals surface area contributed by atoms with Gasteiger partial charge in [-0.15, -0.1) is 0 Å². The minimum absolute atomic E-state index is 0.108. The maximum Gasteiger partial charge on any atom is 0.409 e. The van der Waals surface area contributed by atoms with E-state index in [1.54, 1.807) is 23.6 Å². The molecule has 21 heavy (non-hydrogen) atoms. The standard InChI is InChI=1S/C14H25N3O4/c1-4-6-12(18)15-11(3)13(19)16-7-9-17(10-8-16)14(20)21-5-2/h11H,4-10H2,1-3H3,(H,15,18)/t11-/m0/s1. The molecule has 0 aliphatic carbocycles. The van der Waals surface area contributed by atoms with E-state index in [-0.39, 0.29) is 17.9 Å². The van der Waals surface area contributed by atoms with Crippen molar-refractivity contribution in [3.8, 4) is 0 Å². The first-order chi connectivity index (χ1) is 9.99. The third-order valence-corrected chi connectivity index (χ3v) is 3.34. The van der Waals surface area contributed by atoms with Crippen molar-refractivity contribution in [1.29, 1.82) is 0 Å². The zero-order valence-corrected chi connectivity index (χ0v) is 13.1. The van der Waals surface area contributed by atoms with Gasteiger partial charge in [0.1, 0.15) is 6.04 Å². The van der Waals surface area contributed by atoms with Gasteiger partial charge in [-0.2, -0.15) is 0 Å². The van der Waals surface area contributed by atoms with Gasteiger partial charge in [0.2, 0.25) is 11.8 Å². The van der Waals surface area contributed by atoms with Crippen molar-refractivity contribution in [2.24, 2.45) is 0 Å². The van der Waals surface area contributed by atoms with Crippen LogP contribution in [0.3, 0.4) is 0 Å². The molecule has 0 spiro atoms. The van der Waals surface area contributed by atoms with Crippen molar-refractivity contribution in [1.82, 2.24) is 15.1 Å². The lowest BCUT2D eigenvalue weighted by molar-refractivity contribution is -0.137. The van der Waals surface area contributed by atoms with Gasteiger partial charge in [-0.3, -0.25) is 9.59 Å². The number of nitrogens with zero attached hydrogens (tertiary/aromatic N) is 2. The molecule has 7 nitrogen and oxygen atoms in total. The summed E-state index contributed by atoms with van der Waals surface area (Å²) in [6.07, 6.45) is 0.841. The second-order valence-electron chi connectivity index (χ2n) is 5.05. The summed E-state index contributed by atoms with van der Waals surface area (Å²) in [6, 6.07) is -0.529. The molecule has 1 saturated heterocycles. The minimum Gasteiger partial charge on any atom is -0.450 e. The van der Waals surface area contributed by atoms with E-state index >= 15 is 0 Å². The highest BCUT2D eigenvalue weighted by atomic mass is 16.6. The first-order valence-electron chi connectivity index (χ1n) is 7.49. The first kappa shape index (κ1) is 17.3. The van der Waals surface area contributed by atoms with Crippen LogP contribution < -0.4 is 5.32 Å². The third kappa shape index (κ3) is 5.24. The number of piperazine rings is 1. The number of rotatable bonds is 5. The molecule has 1 N–H and O–H groups in total. The second kappa shape index (κ2) is 8.49. The van der Waals surface area contributed by atoms with Crippen molar-refractivity contribution >= 4 is 17.9 Å². The SMILES string of the molecule is CCCC(=O)N[C@@H](C)C(=O)N1CCN(C(=O)OCC)CC1. The molecule has 1 rings (SSSR count). The van der Waals surface area contributed by atoms with Gasteiger partial charge in [0, 0.05) is 32.6 Å². The Morgan fingerprint density at radius 1 is 1.10 bits per heavy atom. The van der Waals surface area contributed by atoms with Gasteiger partial charge in [-0.05, 0) is 20.3 Å². The molecule has 0 aromatic heterocycles. The molecule has 0 bridgehead atoms. The summed E-state index contributed by atoms with van der Waals surface area (Å²) in [6.45, 7) is 7.56. The highest BCUT2D eigenvalue weighted by Gasteiger charge is 2.27. The van der Waals surface area contributed by atoms with Gasteiger partial charge in [0.15, 0.2) is 0 Å². The predicted octanol–water partition coefficient (Wildman–Crippen LogP) is 0.592. The van der Waals surface area contributed by atoms with Crippen LogP contribution in [0.25, 0.3) is 0 Å². The largest absolute Gasteiger partial charge is 0.450 e. The third-order valence-electron chi connectivity index (χ3n) is 3.34. The Kier molecular flexibility index (Phi) is 6.98. The van der Waals surface area contributed by atoms with E-state index in [1.165, 1.54) is 0 Å². The molecule has 0 aromatic carbocycles. The van der Waals surface area contributed by atoms with E-state index in [0.717, 1.165) is 6.42 Å². The Morgan fingerprint density at radius 2 is 1.67 bits per heavy atom. The molecule has 0 saturated carbocycles. The highest BCUT2D eigenvalue weighted by molar-refractivity contribution is 5.87. The second-order valence-corrected chi connectivity index (χ2v) is 5.05. The summed E-state index contributed by atoms with van der Waals surface area (Å²) >= 11 is 0. The summed E-state index contributed by atoms with van der Waals surface area (Å²) in [7, 11) is 0. The number of carbonyl (C=O) groups excluding carboxylic acids is 3. The van der Waals surface area contributed by atoms with Crippen LogP contribution in [-0.4, -0.2) is 66.5 Å². The quantitative estimate of drug-likeness (QED) is 0.806. The van der Waals surface area contributed by atoms with Gasteiger partial charge in [-0.1, -0.05) is 6.92 Å². The number of carbonyl (C=O) groups is 3. The van der Waals surface area contributed by atoms with Crippen molar-refractivity contribution in [2.75, 3.05) is 32.8 Å². The van der Waals surface area contributed by atoms with Gasteiger partial charge in [-0.25, -0.2) is 4.79 Å². The van der Waals surface area contributed by atoms with E-state index in [9.17, 15) is 14.4 Å². The lowest BCUT2D eigenvalue weighted by Crippen LogP contribution is -2.55. The number of amides is 3. The van der Waals surface area contributed by atoms with Crippen molar-refractivity contribution in [3.05, 3.63) is 0 Å². The lowest BCUT2D eigenvalue weighted by atomic mass is 10.2. The first-order valence-corrected chi connectivity index (χ1v) is 7.49. The van der Waals surface area contributed by atoms with Crippen LogP contribution in [0.15, 0.2) is 0 Å². The molecular formula is C14H25N3O4. The number of nitrogens with one attached hydrogen (secondary N) is 1. The van der Waals surface area contributed by atoms with Crippen LogP contribution in [0.4, 0.5) is 4.79 Å². The van der Waals surface area contributed by atoms with Crippen LogP contribution in [-0.2, 0) is 14.3 Å². The maximum atomic E-state index is 12.2. The highest BCUT2D eigenvalue weighted by Crippen LogP contribution is 2.06. The van der Waals surface area contributed by atoms with Crippen LogP contribution >= 0.6 is 0 Å². The van der Waals surface area contributed by atoms with Crippen molar-refractivity contribution in [2.45, 2.75) is 39.7 Å². The molecule has 1 atom stereocenters. The Hall–Kier alpha value is -1.79. The minimum atomic E-state index is -0.529. The van der Waals surface area contributed by atoms with E-state index in [2.05, 4.69) is 5.32 Å². The number of hydrogen-bond donors (Lipinski definition) is 1. The molecule has 1 heterocycles. The molecule has 0 aromatic rings. The summed E-state index contributed by atoms with van der Waals surface area (Å²) in [5.74, 6) is -0.216. The molecule has 0 unspecified atom stereocenters. The van der Waals surface area contributed by atoms with Crippen LogP contribution in [0.5, 0.6) is 0 Å². The zero-order chi connectivity index (χ0) is 15.8.